The number of amides is 2. The minimum Gasteiger partial charge on any atom is -0.485 e. The molecule has 2 aromatic rings. The quantitative estimate of drug-likeness (QED) is 0.894. The number of primary amides is 1. The number of para-hydroxylation sites is 2. The second-order valence-electron chi connectivity index (χ2n) is 6.62. The lowest BCUT2D eigenvalue weighted by Gasteiger charge is -2.31. The molecule has 1 heterocycles. The maximum atomic E-state index is 13.0. The molecule has 0 spiro atoms. The molecule has 0 saturated heterocycles. The van der Waals surface area contributed by atoms with Gasteiger partial charge in [-0.3, -0.25) is 9.59 Å². The largest absolute Gasteiger partial charge is 0.485 e. The lowest BCUT2D eigenvalue weighted by Crippen LogP contribution is -2.47. The number of hydrogen-bond acceptors (Lipinski definition) is 4. The molecule has 6 nitrogen and oxygen atoms in total. The third-order valence-corrected chi connectivity index (χ3v) is 4.65. The van der Waals surface area contributed by atoms with Crippen molar-refractivity contribution >= 4 is 11.8 Å². The van der Waals surface area contributed by atoms with Crippen LogP contribution in [0.2, 0.25) is 0 Å². The van der Waals surface area contributed by atoms with Gasteiger partial charge in [-0.1, -0.05) is 24.3 Å². The summed E-state index contributed by atoms with van der Waals surface area (Å²) in [6, 6.07) is 14.6. The van der Waals surface area contributed by atoms with Crippen molar-refractivity contribution in [3.63, 3.8) is 0 Å². The number of nitrogens with zero attached hydrogens (tertiary/aromatic N) is 1. The molecule has 26 heavy (non-hydrogen) atoms. The Bertz CT molecular complexity index is 830. The van der Waals surface area contributed by atoms with Crippen LogP contribution in [0.3, 0.4) is 0 Å². The number of fused-ring (bicyclic) bond motifs is 1. The summed E-state index contributed by atoms with van der Waals surface area (Å²) in [6.45, 7) is 0.684. The smallest absolute Gasteiger partial charge is 0.267 e. The Labute approximate surface area is 151 Å². The van der Waals surface area contributed by atoms with Crippen molar-refractivity contribution in [2.45, 2.75) is 31.5 Å². The second-order valence-corrected chi connectivity index (χ2v) is 6.62. The first-order valence-electron chi connectivity index (χ1n) is 8.69. The van der Waals surface area contributed by atoms with E-state index >= 15 is 0 Å². The van der Waals surface area contributed by atoms with E-state index in [1.165, 1.54) is 0 Å². The summed E-state index contributed by atoms with van der Waals surface area (Å²) >= 11 is 0. The molecule has 2 aromatic carbocycles. The Morgan fingerprint density at radius 2 is 1.73 bits per heavy atom. The van der Waals surface area contributed by atoms with E-state index < -0.39 is 12.0 Å². The summed E-state index contributed by atoms with van der Waals surface area (Å²) in [7, 11) is 0. The molecule has 134 valence electrons. The molecule has 1 aliphatic heterocycles. The number of hydrogen-bond donors (Lipinski definition) is 1. The molecule has 0 aromatic heterocycles. The first-order chi connectivity index (χ1) is 12.6. The monoisotopic (exact) mass is 352 g/mol. The number of rotatable bonds is 5. The molecule has 0 bridgehead atoms. The molecule has 2 N–H and O–H groups in total. The molecule has 2 aliphatic rings. The molecular weight excluding hydrogens is 332 g/mol. The normalized spacial score (nSPS) is 18.2. The maximum Gasteiger partial charge on any atom is 0.267 e. The molecule has 6 heteroatoms. The Morgan fingerprint density at radius 3 is 2.38 bits per heavy atom. The van der Waals surface area contributed by atoms with Gasteiger partial charge in [-0.2, -0.15) is 0 Å². The lowest BCUT2D eigenvalue weighted by atomic mass is 10.1. The van der Waals surface area contributed by atoms with Crippen LogP contribution in [0.15, 0.2) is 48.5 Å². The van der Waals surface area contributed by atoms with E-state index in [0.717, 1.165) is 18.4 Å². The third-order valence-electron chi connectivity index (χ3n) is 4.65. The molecular formula is C20H20N2O4. The predicted molar refractivity (Wildman–Crippen MR) is 94.9 cm³/mol. The van der Waals surface area contributed by atoms with Gasteiger partial charge in [0.15, 0.2) is 11.5 Å². The van der Waals surface area contributed by atoms with Gasteiger partial charge < -0.3 is 20.1 Å². The maximum absolute atomic E-state index is 13.0. The van der Waals surface area contributed by atoms with Gasteiger partial charge in [0.25, 0.3) is 5.91 Å². The van der Waals surface area contributed by atoms with E-state index in [2.05, 4.69) is 0 Å². The summed E-state index contributed by atoms with van der Waals surface area (Å²) in [5.74, 6) is 0.731. The second kappa shape index (κ2) is 6.71. The number of carbonyl (C=O) groups excluding carboxylic acids is 2. The van der Waals surface area contributed by atoms with Crippen molar-refractivity contribution < 1.29 is 19.1 Å². The standard InChI is InChI=1S/C20H20N2O4/c21-19(23)14-7-5-13(6-8-14)11-22(15-9-10-15)20(24)18-12-25-16-3-1-2-4-17(16)26-18/h1-8,15,18H,9-12H2,(H2,21,23). The summed E-state index contributed by atoms with van der Waals surface area (Å²) in [5, 5.41) is 0. The Balaban J connectivity index is 1.48. The average Bonchev–Trinajstić information content (AvgIpc) is 3.50. The first kappa shape index (κ1) is 16.4. The zero-order chi connectivity index (χ0) is 18.1. The van der Waals surface area contributed by atoms with E-state index in [1.54, 1.807) is 18.2 Å². The van der Waals surface area contributed by atoms with Gasteiger partial charge in [-0.15, -0.1) is 0 Å². The highest BCUT2D eigenvalue weighted by Crippen LogP contribution is 2.34. The molecule has 4 rings (SSSR count). The number of benzene rings is 2. The fraction of sp³-hybridized carbons (Fsp3) is 0.300. The Hall–Kier alpha value is -3.02. The van der Waals surface area contributed by atoms with Crippen molar-refractivity contribution in [1.82, 2.24) is 4.90 Å². The summed E-state index contributed by atoms with van der Waals surface area (Å²) < 4.78 is 11.5. The van der Waals surface area contributed by atoms with Crippen LogP contribution in [0.25, 0.3) is 0 Å². The van der Waals surface area contributed by atoms with Crippen molar-refractivity contribution in [2.24, 2.45) is 5.73 Å². The van der Waals surface area contributed by atoms with Gasteiger partial charge in [-0.05, 0) is 42.7 Å². The van der Waals surface area contributed by atoms with Gasteiger partial charge in [0.05, 0.1) is 0 Å². The number of carbonyl (C=O) groups is 2. The van der Waals surface area contributed by atoms with Crippen molar-refractivity contribution in [2.75, 3.05) is 6.61 Å². The van der Waals surface area contributed by atoms with Crippen LogP contribution in [0, 0.1) is 0 Å². The molecule has 0 radical (unpaired) electrons. The van der Waals surface area contributed by atoms with Gasteiger partial charge in [0.1, 0.15) is 6.61 Å². The van der Waals surface area contributed by atoms with Gasteiger partial charge in [-0.25, -0.2) is 0 Å². The molecule has 1 aliphatic carbocycles. The van der Waals surface area contributed by atoms with E-state index in [9.17, 15) is 9.59 Å². The van der Waals surface area contributed by atoms with Crippen LogP contribution in [0.5, 0.6) is 11.5 Å². The summed E-state index contributed by atoms with van der Waals surface area (Å²) in [6.07, 6.45) is 1.35. The molecule has 1 fully saturated rings. The van der Waals surface area contributed by atoms with Gasteiger partial charge >= 0.3 is 0 Å². The molecule has 1 saturated carbocycles. The SMILES string of the molecule is NC(=O)c1ccc(CN(C(=O)C2COc3ccccc3O2)C2CC2)cc1. The third kappa shape index (κ3) is 3.35. The minimum absolute atomic E-state index is 0.0685. The fourth-order valence-electron chi connectivity index (χ4n) is 3.07. The Kier molecular flexibility index (Phi) is 4.24. The predicted octanol–water partition coefficient (Wildman–Crippen LogP) is 2.12. The van der Waals surface area contributed by atoms with Crippen LogP contribution in [0.1, 0.15) is 28.8 Å². The van der Waals surface area contributed by atoms with Crippen LogP contribution in [-0.2, 0) is 11.3 Å². The zero-order valence-electron chi connectivity index (χ0n) is 14.3. The Morgan fingerprint density at radius 1 is 1.04 bits per heavy atom. The zero-order valence-corrected chi connectivity index (χ0v) is 14.3. The van der Waals surface area contributed by atoms with Crippen molar-refractivity contribution in [3.05, 3.63) is 59.7 Å². The van der Waals surface area contributed by atoms with Gasteiger partial charge in [0, 0.05) is 18.2 Å². The molecule has 1 unspecified atom stereocenters. The van der Waals surface area contributed by atoms with E-state index in [0.29, 0.717) is 23.6 Å². The van der Waals surface area contributed by atoms with Crippen LogP contribution in [0.4, 0.5) is 0 Å². The van der Waals surface area contributed by atoms with E-state index in [4.69, 9.17) is 15.2 Å². The lowest BCUT2D eigenvalue weighted by molar-refractivity contribution is -0.142. The highest BCUT2D eigenvalue weighted by atomic mass is 16.6. The summed E-state index contributed by atoms with van der Waals surface area (Å²) in [5.41, 5.74) is 6.68. The van der Waals surface area contributed by atoms with Crippen LogP contribution < -0.4 is 15.2 Å². The van der Waals surface area contributed by atoms with Crippen molar-refractivity contribution in [1.29, 1.82) is 0 Å². The summed E-state index contributed by atoms with van der Waals surface area (Å²) in [4.78, 5) is 26.1. The fourth-order valence-corrected chi connectivity index (χ4v) is 3.07. The minimum atomic E-state index is -0.643. The molecule has 1 atom stereocenters. The van der Waals surface area contributed by atoms with E-state index in [-0.39, 0.29) is 18.6 Å². The van der Waals surface area contributed by atoms with Crippen molar-refractivity contribution in [3.8, 4) is 11.5 Å². The van der Waals surface area contributed by atoms with Crippen LogP contribution >= 0.6 is 0 Å². The number of nitrogens with two attached hydrogens (primary N) is 1. The highest BCUT2D eigenvalue weighted by Gasteiger charge is 2.38. The molecule has 2 amide bonds. The average molecular weight is 352 g/mol. The van der Waals surface area contributed by atoms with Crippen LogP contribution in [-0.4, -0.2) is 35.5 Å². The van der Waals surface area contributed by atoms with E-state index in [1.807, 2.05) is 35.2 Å². The topological polar surface area (TPSA) is 81.9 Å². The number of ether oxygens (including phenoxy) is 2. The van der Waals surface area contributed by atoms with Gasteiger partial charge in [0.2, 0.25) is 12.0 Å². The highest BCUT2D eigenvalue weighted by molar-refractivity contribution is 5.92. The first-order valence-corrected chi connectivity index (χ1v) is 8.69.